The van der Waals surface area contributed by atoms with Crippen LogP contribution in [0.3, 0.4) is 0 Å². The molecule has 1 saturated heterocycles. The molecular weight excluding hydrogens is 357 g/mol. The molecule has 26 heavy (non-hydrogen) atoms. The van der Waals surface area contributed by atoms with E-state index in [-0.39, 0.29) is 41.9 Å². The molecule has 146 valence electrons. The van der Waals surface area contributed by atoms with E-state index in [1.807, 2.05) is 20.8 Å². The number of hydrogen-bond acceptors (Lipinski definition) is 3. The Labute approximate surface area is 160 Å². The fourth-order valence-electron chi connectivity index (χ4n) is 3.13. The molecule has 3 N–H and O–H groups in total. The average Bonchev–Trinajstić information content (AvgIpc) is 2.55. The van der Waals surface area contributed by atoms with Crippen molar-refractivity contribution in [2.45, 2.75) is 46.1 Å². The lowest BCUT2D eigenvalue weighted by atomic mass is 9.90. The van der Waals surface area contributed by atoms with E-state index in [0.29, 0.717) is 31.0 Å². The van der Waals surface area contributed by atoms with Crippen molar-refractivity contribution in [1.82, 2.24) is 4.90 Å². The predicted molar refractivity (Wildman–Crippen MR) is 104 cm³/mol. The van der Waals surface area contributed by atoms with Crippen LogP contribution in [0, 0.1) is 17.7 Å². The second-order valence-corrected chi connectivity index (χ2v) is 7.33. The summed E-state index contributed by atoms with van der Waals surface area (Å²) < 4.78 is 14.2. The summed E-state index contributed by atoms with van der Waals surface area (Å²) in [6, 6.07) is 4.34. The van der Waals surface area contributed by atoms with Crippen molar-refractivity contribution in [3.05, 3.63) is 29.6 Å². The molecule has 1 aromatic carbocycles. The first kappa shape index (κ1) is 22.4. The standard InChI is InChI=1S/C19H28FN3O2.ClH/c1-12(2)10-18(24)22-17-5-4-15(11-16(17)20)19(25)23-8-6-14(7-9-23)13(3)21;/h4-5,11-14H,6-10,21H2,1-3H3,(H,22,24);1H. The number of carbonyl (C=O) groups excluding carboxylic acids is 2. The van der Waals surface area contributed by atoms with Gasteiger partial charge in [-0.05, 0) is 49.8 Å². The van der Waals surface area contributed by atoms with Crippen LogP contribution in [0.25, 0.3) is 0 Å². The number of piperidine rings is 1. The predicted octanol–water partition coefficient (Wildman–Crippen LogP) is 3.43. The van der Waals surface area contributed by atoms with E-state index in [9.17, 15) is 14.0 Å². The van der Waals surface area contributed by atoms with Crippen molar-refractivity contribution in [2.24, 2.45) is 17.6 Å². The van der Waals surface area contributed by atoms with Gasteiger partial charge < -0.3 is 16.0 Å². The lowest BCUT2D eigenvalue weighted by Crippen LogP contribution is -2.42. The first-order valence-corrected chi connectivity index (χ1v) is 8.92. The maximum Gasteiger partial charge on any atom is 0.253 e. The number of hydrogen-bond donors (Lipinski definition) is 2. The summed E-state index contributed by atoms with van der Waals surface area (Å²) in [7, 11) is 0. The molecule has 0 saturated carbocycles. The zero-order valence-corrected chi connectivity index (χ0v) is 16.4. The molecule has 5 nitrogen and oxygen atoms in total. The minimum absolute atomic E-state index is 0. The number of carbonyl (C=O) groups is 2. The third-order valence-electron chi connectivity index (χ3n) is 4.65. The molecule has 1 fully saturated rings. The topological polar surface area (TPSA) is 75.4 Å². The van der Waals surface area contributed by atoms with E-state index >= 15 is 0 Å². The molecule has 1 aromatic rings. The molecule has 1 heterocycles. The Hall–Kier alpha value is -1.66. The Morgan fingerprint density at radius 2 is 1.88 bits per heavy atom. The highest BCUT2D eigenvalue weighted by Crippen LogP contribution is 2.23. The summed E-state index contributed by atoms with van der Waals surface area (Å²) in [6.45, 7) is 7.11. The Kier molecular flexibility index (Phi) is 8.50. The molecule has 0 radical (unpaired) electrons. The summed E-state index contributed by atoms with van der Waals surface area (Å²) in [5.74, 6) is -0.371. The summed E-state index contributed by atoms with van der Waals surface area (Å²) >= 11 is 0. The van der Waals surface area contributed by atoms with Gasteiger partial charge in [0.2, 0.25) is 5.91 Å². The zero-order chi connectivity index (χ0) is 18.6. The maximum absolute atomic E-state index is 14.2. The van der Waals surface area contributed by atoms with E-state index in [2.05, 4.69) is 5.32 Å². The number of nitrogens with zero attached hydrogens (tertiary/aromatic N) is 1. The van der Waals surface area contributed by atoms with Crippen molar-refractivity contribution in [3.8, 4) is 0 Å². The van der Waals surface area contributed by atoms with E-state index in [4.69, 9.17) is 5.73 Å². The number of amides is 2. The van der Waals surface area contributed by atoms with E-state index in [1.54, 1.807) is 11.0 Å². The summed E-state index contributed by atoms with van der Waals surface area (Å²) in [5, 5.41) is 2.55. The highest BCUT2D eigenvalue weighted by atomic mass is 35.5. The van der Waals surface area contributed by atoms with Gasteiger partial charge in [0, 0.05) is 31.1 Å². The first-order chi connectivity index (χ1) is 11.8. The molecule has 1 unspecified atom stereocenters. The van der Waals surface area contributed by atoms with Crippen LogP contribution >= 0.6 is 12.4 Å². The van der Waals surface area contributed by atoms with Crippen LogP contribution in [0.4, 0.5) is 10.1 Å². The van der Waals surface area contributed by atoms with Crippen molar-refractivity contribution in [3.63, 3.8) is 0 Å². The van der Waals surface area contributed by atoms with Crippen LogP contribution in [0.2, 0.25) is 0 Å². The highest BCUT2D eigenvalue weighted by Gasteiger charge is 2.26. The summed E-state index contributed by atoms with van der Waals surface area (Å²) in [6.07, 6.45) is 2.07. The van der Waals surface area contributed by atoms with Crippen LogP contribution in [-0.2, 0) is 4.79 Å². The number of nitrogens with two attached hydrogens (primary N) is 1. The number of rotatable bonds is 5. The Morgan fingerprint density at radius 3 is 2.38 bits per heavy atom. The SMILES string of the molecule is CC(C)CC(=O)Nc1ccc(C(=O)N2CCC(C(C)N)CC2)cc1F.Cl. The number of anilines is 1. The molecule has 1 aliphatic heterocycles. The van der Waals surface area contributed by atoms with Crippen molar-refractivity contribution in [2.75, 3.05) is 18.4 Å². The summed E-state index contributed by atoms with van der Waals surface area (Å²) in [5.41, 5.74) is 6.33. The number of likely N-dealkylation sites (tertiary alicyclic amines) is 1. The van der Waals surface area contributed by atoms with Gasteiger partial charge in [-0.2, -0.15) is 0 Å². The monoisotopic (exact) mass is 385 g/mol. The van der Waals surface area contributed by atoms with Crippen LogP contribution < -0.4 is 11.1 Å². The van der Waals surface area contributed by atoms with Gasteiger partial charge in [0.15, 0.2) is 0 Å². The first-order valence-electron chi connectivity index (χ1n) is 8.92. The molecule has 1 aliphatic rings. The third-order valence-corrected chi connectivity index (χ3v) is 4.65. The van der Waals surface area contributed by atoms with Crippen molar-refractivity contribution >= 4 is 29.9 Å². The quantitative estimate of drug-likeness (QED) is 0.815. The van der Waals surface area contributed by atoms with Crippen LogP contribution in [0.5, 0.6) is 0 Å². The Balaban J connectivity index is 0.00000338. The van der Waals surface area contributed by atoms with Gasteiger partial charge in [-0.15, -0.1) is 12.4 Å². The van der Waals surface area contributed by atoms with Gasteiger partial charge in [-0.25, -0.2) is 4.39 Å². The molecule has 2 amide bonds. The highest BCUT2D eigenvalue weighted by molar-refractivity contribution is 5.96. The lowest BCUT2D eigenvalue weighted by molar-refractivity contribution is -0.116. The largest absolute Gasteiger partial charge is 0.339 e. The van der Waals surface area contributed by atoms with E-state index in [1.165, 1.54) is 12.1 Å². The summed E-state index contributed by atoms with van der Waals surface area (Å²) in [4.78, 5) is 26.1. The second kappa shape index (κ2) is 9.88. The number of benzene rings is 1. The minimum Gasteiger partial charge on any atom is -0.339 e. The molecule has 0 bridgehead atoms. The number of halogens is 2. The smallest absolute Gasteiger partial charge is 0.253 e. The van der Waals surface area contributed by atoms with Crippen LogP contribution in [-0.4, -0.2) is 35.8 Å². The zero-order valence-electron chi connectivity index (χ0n) is 15.6. The van der Waals surface area contributed by atoms with Gasteiger partial charge in [0.25, 0.3) is 5.91 Å². The molecule has 2 rings (SSSR count). The van der Waals surface area contributed by atoms with Crippen molar-refractivity contribution < 1.29 is 14.0 Å². The van der Waals surface area contributed by atoms with Crippen molar-refractivity contribution in [1.29, 1.82) is 0 Å². The normalized spacial score (nSPS) is 16.2. The van der Waals surface area contributed by atoms with Gasteiger partial charge in [0.05, 0.1) is 5.69 Å². The van der Waals surface area contributed by atoms with Gasteiger partial charge >= 0.3 is 0 Å². The Morgan fingerprint density at radius 1 is 1.27 bits per heavy atom. The van der Waals surface area contributed by atoms with Gasteiger partial charge in [-0.3, -0.25) is 9.59 Å². The molecule has 0 aromatic heterocycles. The molecule has 0 aliphatic carbocycles. The van der Waals surface area contributed by atoms with E-state index < -0.39 is 5.82 Å². The fourth-order valence-corrected chi connectivity index (χ4v) is 3.13. The average molecular weight is 386 g/mol. The minimum atomic E-state index is -0.589. The van der Waals surface area contributed by atoms with Crippen LogP contribution in [0.15, 0.2) is 18.2 Å². The lowest BCUT2D eigenvalue weighted by Gasteiger charge is -2.33. The van der Waals surface area contributed by atoms with E-state index in [0.717, 1.165) is 12.8 Å². The number of nitrogens with one attached hydrogen (secondary N) is 1. The molecule has 1 atom stereocenters. The maximum atomic E-state index is 14.2. The molecule has 0 spiro atoms. The Bertz CT molecular complexity index is 629. The second-order valence-electron chi connectivity index (χ2n) is 7.33. The fraction of sp³-hybridized carbons (Fsp3) is 0.579. The van der Waals surface area contributed by atoms with Crippen LogP contribution in [0.1, 0.15) is 50.4 Å². The molecular formula is C19H29ClFN3O2. The van der Waals surface area contributed by atoms with Gasteiger partial charge in [0.1, 0.15) is 5.82 Å². The third kappa shape index (κ3) is 5.95. The van der Waals surface area contributed by atoms with Gasteiger partial charge in [-0.1, -0.05) is 13.8 Å². The molecule has 7 heteroatoms.